The lowest BCUT2D eigenvalue weighted by atomic mass is 9.95. The standard InChI is InChI=1S/C21H32ClN3O2/c1-3-4-5-12-23-21(27)18-10-13-25(14-11-18)16(2)20(26)24-15-17-6-8-19(22)9-7-17/h6-9,16,18H,3-5,10-15H2,1-2H3,(H,23,27)(H,24,26). The summed E-state index contributed by atoms with van der Waals surface area (Å²) in [6.45, 7) is 6.92. The van der Waals surface area contributed by atoms with Gasteiger partial charge < -0.3 is 10.6 Å². The average molecular weight is 394 g/mol. The summed E-state index contributed by atoms with van der Waals surface area (Å²) >= 11 is 5.88. The zero-order valence-electron chi connectivity index (χ0n) is 16.5. The van der Waals surface area contributed by atoms with Crippen molar-refractivity contribution >= 4 is 23.4 Å². The fourth-order valence-corrected chi connectivity index (χ4v) is 3.51. The largest absolute Gasteiger partial charge is 0.356 e. The molecule has 1 aliphatic rings. The first-order valence-corrected chi connectivity index (χ1v) is 10.4. The molecule has 1 aliphatic heterocycles. The van der Waals surface area contributed by atoms with Gasteiger partial charge >= 0.3 is 0 Å². The van der Waals surface area contributed by atoms with Crippen LogP contribution in [0.2, 0.25) is 5.02 Å². The van der Waals surface area contributed by atoms with Crippen LogP contribution in [0.5, 0.6) is 0 Å². The SMILES string of the molecule is CCCCCNC(=O)C1CCN(C(C)C(=O)NCc2ccc(Cl)cc2)CC1. The normalized spacial score (nSPS) is 16.7. The van der Waals surface area contributed by atoms with Gasteiger partial charge in [-0.25, -0.2) is 0 Å². The van der Waals surface area contributed by atoms with E-state index in [1.807, 2.05) is 31.2 Å². The van der Waals surface area contributed by atoms with Crippen molar-refractivity contribution in [1.29, 1.82) is 0 Å². The predicted octanol–water partition coefficient (Wildman–Crippen LogP) is 3.36. The molecule has 150 valence electrons. The van der Waals surface area contributed by atoms with E-state index in [1.165, 1.54) is 0 Å². The lowest BCUT2D eigenvalue weighted by Crippen LogP contribution is -2.49. The van der Waals surface area contributed by atoms with Crippen molar-refractivity contribution < 1.29 is 9.59 Å². The molecule has 1 saturated heterocycles. The quantitative estimate of drug-likeness (QED) is 0.632. The monoisotopic (exact) mass is 393 g/mol. The number of likely N-dealkylation sites (tertiary alicyclic amines) is 1. The fraction of sp³-hybridized carbons (Fsp3) is 0.619. The summed E-state index contributed by atoms with van der Waals surface area (Å²) in [6, 6.07) is 7.29. The molecule has 0 aromatic heterocycles. The van der Waals surface area contributed by atoms with Crippen molar-refractivity contribution in [3.63, 3.8) is 0 Å². The molecule has 1 aromatic carbocycles. The summed E-state index contributed by atoms with van der Waals surface area (Å²) in [5.74, 6) is 0.269. The second-order valence-electron chi connectivity index (χ2n) is 7.33. The van der Waals surface area contributed by atoms with Crippen LogP contribution in [0.25, 0.3) is 0 Å². The molecular formula is C21H32ClN3O2. The molecule has 1 fully saturated rings. The Balaban J connectivity index is 1.70. The number of nitrogens with one attached hydrogen (secondary N) is 2. The van der Waals surface area contributed by atoms with Crippen molar-refractivity contribution in [2.24, 2.45) is 5.92 Å². The Kier molecular flexibility index (Phi) is 9.08. The van der Waals surface area contributed by atoms with Crippen molar-refractivity contribution in [3.8, 4) is 0 Å². The first kappa shape index (κ1) is 21.7. The minimum atomic E-state index is -0.189. The highest BCUT2D eigenvalue weighted by atomic mass is 35.5. The van der Waals surface area contributed by atoms with Crippen molar-refractivity contribution in [1.82, 2.24) is 15.5 Å². The van der Waals surface area contributed by atoms with Crippen LogP contribution in [-0.4, -0.2) is 42.4 Å². The third-order valence-electron chi connectivity index (χ3n) is 5.29. The van der Waals surface area contributed by atoms with Gasteiger partial charge in [0.2, 0.25) is 11.8 Å². The highest BCUT2D eigenvalue weighted by molar-refractivity contribution is 6.30. The van der Waals surface area contributed by atoms with E-state index in [9.17, 15) is 9.59 Å². The molecule has 2 N–H and O–H groups in total. The number of piperidine rings is 1. The highest BCUT2D eigenvalue weighted by Crippen LogP contribution is 2.19. The smallest absolute Gasteiger partial charge is 0.237 e. The fourth-order valence-electron chi connectivity index (χ4n) is 3.38. The Morgan fingerprint density at radius 2 is 1.81 bits per heavy atom. The molecule has 0 aliphatic carbocycles. The van der Waals surface area contributed by atoms with Gasteiger partial charge in [0.1, 0.15) is 0 Å². The summed E-state index contributed by atoms with van der Waals surface area (Å²) in [7, 11) is 0. The third kappa shape index (κ3) is 7.15. The number of halogens is 1. The summed E-state index contributed by atoms with van der Waals surface area (Å²) in [4.78, 5) is 26.8. The second-order valence-corrected chi connectivity index (χ2v) is 7.77. The number of carbonyl (C=O) groups excluding carboxylic acids is 2. The maximum atomic E-state index is 12.4. The van der Waals surface area contributed by atoms with Gasteiger partial charge in [-0.3, -0.25) is 14.5 Å². The number of nitrogens with zero attached hydrogens (tertiary/aromatic N) is 1. The summed E-state index contributed by atoms with van der Waals surface area (Å²) in [5, 5.41) is 6.73. The molecule has 27 heavy (non-hydrogen) atoms. The Hall–Kier alpha value is -1.59. The first-order chi connectivity index (χ1) is 13.0. The van der Waals surface area contributed by atoms with Crippen LogP contribution in [0.1, 0.15) is 51.5 Å². The number of benzene rings is 1. The molecule has 1 heterocycles. The zero-order valence-corrected chi connectivity index (χ0v) is 17.2. The average Bonchev–Trinajstić information content (AvgIpc) is 2.70. The van der Waals surface area contributed by atoms with Gasteiger partial charge in [-0.05, 0) is 57.0 Å². The van der Waals surface area contributed by atoms with Crippen LogP contribution >= 0.6 is 11.6 Å². The van der Waals surface area contributed by atoms with Crippen LogP contribution in [0.4, 0.5) is 0 Å². The van der Waals surface area contributed by atoms with Gasteiger partial charge in [0.05, 0.1) is 6.04 Å². The number of rotatable bonds is 9. The number of unbranched alkanes of at least 4 members (excludes halogenated alkanes) is 2. The molecule has 1 aromatic rings. The lowest BCUT2D eigenvalue weighted by molar-refractivity contribution is -0.128. The summed E-state index contributed by atoms with van der Waals surface area (Å²) in [5.41, 5.74) is 1.03. The molecule has 0 spiro atoms. The van der Waals surface area contributed by atoms with Crippen LogP contribution in [0.3, 0.4) is 0 Å². The van der Waals surface area contributed by atoms with E-state index in [2.05, 4.69) is 22.5 Å². The molecule has 2 rings (SSSR count). The molecular weight excluding hydrogens is 362 g/mol. The predicted molar refractivity (Wildman–Crippen MR) is 110 cm³/mol. The minimum absolute atomic E-state index is 0.0208. The van der Waals surface area contributed by atoms with Crippen LogP contribution in [-0.2, 0) is 16.1 Å². The van der Waals surface area contributed by atoms with Gasteiger partial charge in [0, 0.05) is 24.0 Å². The molecule has 6 heteroatoms. The number of amides is 2. The second kappa shape index (κ2) is 11.3. The van der Waals surface area contributed by atoms with E-state index in [-0.39, 0.29) is 23.8 Å². The van der Waals surface area contributed by atoms with E-state index in [0.717, 1.165) is 57.3 Å². The first-order valence-electron chi connectivity index (χ1n) is 10.0. The lowest BCUT2D eigenvalue weighted by Gasteiger charge is -2.34. The van der Waals surface area contributed by atoms with Gasteiger partial charge in [-0.15, -0.1) is 0 Å². The number of hydrogen-bond acceptors (Lipinski definition) is 3. The Bertz CT molecular complexity index is 598. The molecule has 2 amide bonds. The topological polar surface area (TPSA) is 61.4 Å². The van der Waals surface area contributed by atoms with Crippen molar-refractivity contribution in [3.05, 3.63) is 34.9 Å². The molecule has 1 atom stereocenters. The molecule has 0 saturated carbocycles. The van der Waals surface area contributed by atoms with Gasteiger partial charge in [0.15, 0.2) is 0 Å². The molecule has 5 nitrogen and oxygen atoms in total. The van der Waals surface area contributed by atoms with E-state index in [1.54, 1.807) is 0 Å². The van der Waals surface area contributed by atoms with Crippen LogP contribution in [0, 0.1) is 5.92 Å². The molecule has 1 unspecified atom stereocenters. The van der Waals surface area contributed by atoms with Gasteiger partial charge in [0.25, 0.3) is 0 Å². The Morgan fingerprint density at radius 1 is 1.15 bits per heavy atom. The molecule has 0 bridgehead atoms. The van der Waals surface area contributed by atoms with Crippen molar-refractivity contribution in [2.45, 2.75) is 58.5 Å². The maximum Gasteiger partial charge on any atom is 0.237 e. The zero-order chi connectivity index (χ0) is 19.6. The third-order valence-corrected chi connectivity index (χ3v) is 5.54. The highest BCUT2D eigenvalue weighted by Gasteiger charge is 2.29. The number of carbonyl (C=O) groups is 2. The van der Waals surface area contributed by atoms with E-state index >= 15 is 0 Å². The Morgan fingerprint density at radius 3 is 2.44 bits per heavy atom. The molecule has 0 radical (unpaired) electrons. The van der Waals surface area contributed by atoms with E-state index in [4.69, 9.17) is 11.6 Å². The van der Waals surface area contributed by atoms with Crippen LogP contribution < -0.4 is 10.6 Å². The van der Waals surface area contributed by atoms with Gasteiger partial charge in [-0.2, -0.15) is 0 Å². The van der Waals surface area contributed by atoms with E-state index in [0.29, 0.717) is 11.6 Å². The summed E-state index contributed by atoms with van der Waals surface area (Å²) in [6.07, 6.45) is 4.99. The minimum Gasteiger partial charge on any atom is -0.356 e. The number of hydrogen-bond donors (Lipinski definition) is 2. The summed E-state index contributed by atoms with van der Waals surface area (Å²) < 4.78 is 0. The van der Waals surface area contributed by atoms with Crippen molar-refractivity contribution in [2.75, 3.05) is 19.6 Å². The van der Waals surface area contributed by atoms with E-state index < -0.39 is 0 Å². The maximum absolute atomic E-state index is 12.4. The Labute approximate surface area is 167 Å². The van der Waals surface area contributed by atoms with Gasteiger partial charge in [-0.1, -0.05) is 43.5 Å². The van der Waals surface area contributed by atoms with Crippen LogP contribution in [0.15, 0.2) is 24.3 Å².